The van der Waals surface area contributed by atoms with Gasteiger partial charge in [-0.05, 0) is 31.9 Å². The molecule has 0 saturated heterocycles. The number of amides is 1. The van der Waals surface area contributed by atoms with E-state index in [2.05, 4.69) is 10.3 Å². The summed E-state index contributed by atoms with van der Waals surface area (Å²) >= 11 is 0. The summed E-state index contributed by atoms with van der Waals surface area (Å²) in [6.45, 7) is 6.41. The summed E-state index contributed by atoms with van der Waals surface area (Å²) in [4.78, 5) is 16.4. The van der Waals surface area contributed by atoms with Crippen molar-refractivity contribution >= 4 is 11.6 Å². The van der Waals surface area contributed by atoms with Crippen LogP contribution in [0.4, 0.5) is 5.69 Å². The first kappa shape index (κ1) is 17.9. The molecule has 0 aliphatic carbocycles. The van der Waals surface area contributed by atoms with Crippen LogP contribution >= 0.6 is 0 Å². The van der Waals surface area contributed by atoms with E-state index >= 15 is 0 Å². The van der Waals surface area contributed by atoms with E-state index in [0.717, 1.165) is 11.1 Å². The van der Waals surface area contributed by atoms with Crippen molar-refractivity contribution in [2.24, 2.45) is 0 Å². The number of carbonyl (C=O) groups is 1. The van der Waals surface area contributed by atoms with Crippen LogP contribution in [0.2, 0.25) is 0 Å². The maximum Gasteiger partial charge on any atom is 0.228 e. The molecule has 0 fully saturated rings. The molecule has 1 aromatic carbocycles. The Morgan fingerprint density at radius 1 is 1.21 bits per heavy atom. The zero-order chi connectivity index (χ0) is 17.6. The van der Waals surface area contributed by atoms with Crippen LogP contribution in [0.25, 0.3) is 0 Å². The number of carbonyl (C=O) groups excluding carboxylic acids is 1. The molecule has 1 aromatic heterocycles. The summed E-state index contributed by atoms with van der Waals surface area (Å²) in [5, 5.41) is 2.88. The van der Waals surface area contributed by atoms with Crippen molar-refractivity contribution in [1.82, 2.24) is 4.98 Å². The van der Waals surface area contributed by atoms with Gasteiger partial charge in [0.25, 0.3) is 0 Å². The monoisotopic (exact) mass is 328 g/mol. The van der Waals surface area contributed by atoms with Crippen molar-refractivity contribution in [2.75, 3.05) is 12.4 Å². The second kappa shape index (κ2) is 7.93. The molecule has 1 amide bonds. The number of benzene rings is 1. The first-order valence-electron chi connectivity index (χ1n) is 7.87. The van der Waals surface area contributed by atoms with Crippen LogP contribution in [0.1, 0.15) is 31.9 Å². The Bertz CT molecular complexity index is 693. The van der Waals surface area contributed by atoms with E-state index in [1.807, 2.05) is 45.0 Å². The van der Waals surface area contributed by atoms with Crippen LogP contribution in [-0.2, 0) is 22.6 Å². The SMILES string of the molecule is COCc1cccc(CC(=O)Nc2cnccc2OC(C)(C)C)c1. The predicted octanol–water partition coefficient (Wildman–Crippen LogP) is 3.59. The highest BCUT2D eigenvalue weighted by molar-refractivity contribution is 5.93. The number of rotatable bonds is 6. The lowest BCUT2D eigenvalue weighted by atomic mass is 10.1. The van der Waals surface area contributed by atoms with Crippen molar-refractivity contribution in [3.8, 4) is 5.75 Å². The van der Waals surface area contributed by atoms with Gasteiger partial charge in [0.05, 0.1) is 19.2 Å². The van der Waals surface area contributed by atoms with Crippen molar-refractivity contribution in [2.45, 2.75) is 39.4 Å². The molecule has 0 aliphatic heterocycles. The second-order valence-corrected chi connectivity index (χ2v) is 6.56. The van der Waals surface area contributed by atoms with Gasteiger partial charge in [-0.1, -0.05) is 24.3 Å². The van der Waals surface area contributed by atoms with E-state index < -0.39 is 0 Å². The highest BCUT2D eigenvalue weighted by atomic mass is 16.5. The van der Waals surface area contributed by atoms with Crippen molar-refractivity contribution < 1.29 is 14.3 Å². The molecule has 0 unspecified atom stereocenters. The normalized spacial score (nSPS) is 11.2. The minimum atomic E-state index is -0.352. The topological polar surface area (TPSA) is 60.5 Å². The van der Waals surface area contributed by atoms with Crippen LogP contribution in [0, 0.1) is 0 Å². The molecule has 0 spiro atoms. The smallest absolute Gasteiger partial charge is 0.228 e. The van der Waals surface area contributed by atoms with Crippen LogP contribution in [0.5, 0.6) is 5.75 Å². The molecule has 5 nitrogen and oxygen atoms in total. The number of nitrogens with one attached hydrogen (secondary N) is 1. The highest BCUT2D eigenvalue weighted by Gasteiger charge is 2.16. The Morgan fingerprint density at radius 3 is 2.67 bits per heavy atom. The second-order valence-electron chi connectivity index (χ2n) is 6.56. The van der Waals surface area contributed by atoms with Gasteiger partial charge in [0, 0.05) is 19.4 Å². The fraction of sp³-hybridized carbons (Fsp3) is 0.368. The zero-order valence-electron chi connectivity index (χ0n) is 14.6. The zero-order valence-corrected chi connectivity index (χ0v) is 14.6. The maximum absolute atomic E-state index is 12.3. The number of aromatic nitrogens is 1. The summed E-state index contributed by atoms with van der Waals surface area (Å²) < 4.78 is 11.0. The average Bonchev–Trinajstić information content (AvgIpc) is 2.48. The molecule has 128 valence electrons. The van der Waals surface area contributed by atoms with Gasteiger partial charge in [0.1, 0.15) is 17.0 Å². The van der Waals surface area contributed by atoms with Gasteiger partial charge < -0.3 is 14.8 Å². The number of nitrogens with zero attached hydrogens (tertiary/aromatic N) is 1. The molecule has 0 radical (unpaired) electrons. The third-order valence-electron chi connectivity index (χ3n) is 3.14. The Labute approximate surface area is 143 Å². The van der Waals surface area contributed by atoms with E-state index in [9.17, 15) is 4.79 Å². The predicted molar refractivity (Wildman–Crippen MR) is 94.1 cm³/mol. The number of hydrogen-bond donors (Lipinski definition) is 1. The van der Waals surface area contributed by atoms with E-state index in [4.69, 9.17) is 9.47 Å². The van der Waals surface area contributed by atoms with Crippen LogP contribution in [0.3, 0.4) is 0 Å². The minimum Gasteiger partial charge on any atom is -0.486 e. The lowest BCUT2D eigenvalue weighted by Gasteiger charge is -2.23. The molecule has 0 atom stereocenters. The van der Waals surface area contributed by atoms with Crippen LogP contribution in [-0.4, -0.2) is 23.6 Å². The van der Waals surface area contributed by atoms with E-state index in [0.29, 0.717) is 18.0 Å². The Balaban J connectivity index is 2.06. The van der Waals surface area contributed by atoms with Crippen molar-refractivity contribution in [3.63, 3.8) is 0 Å². The van der Waals surface area contributed by atoms with Gasteiger partial charge in [0.2, 0.25) is 5.91 Å². The van der Waals surface area contributed by atoms with Crippen molar-refractivity contribution in [1.29, 1.82) is 0 Å². The average molecular weight is 328 g/mol. The molecule has 2 rings (SSSR count). The molecular weight excluding hydrogens is 304 g/mol. The Hall–Kier alpha value is -2.40. The van der Waals surface area contributed by atoms with Crippen LogP contribution in [0.15, 0.2) is 42.7 Å². The lowest BCUT2D eigenvalue weighted by molar-refractivity contribution is -0.115. The maximum atomic E-state index is 12.3. The summed E-state index contributed by atoms with van der Waals surface area (Å²) in [6, 6.07) is 9.55. The minimum absolute atomic E-state index is 0.115. The van der Waals surface area contributed by atoms with Crippen LogP contribution < -0.4 is 10.1 Å². The molecule has 0 aliphatic rings. The summed E-state index contributed by atoms with van der Waals surface area (Å²) in [7, 11) is 1.65. The molecule has 5 heteroatoms. The van der Waals surface area contributed by atoms with Gasteiger partial charge in [-0.25, -0.2) is 0 Å². The quantitative estimate of drug-likeness (QED) is 0.880. The number of methoxy groups -OCH3 is 1. The number of anilines is 1. The third kappa shape index (κ3) is 5.66. The van der Waals surface area contributed by atoms with Crippen molar-refractivity contribution in [3.05, 3.63) is 53.9 Å². The third-order valence-corrected chi connectivity index (χ3v) is 3.14. The molecular formula is C19H24N2O3. The summed E-state index contributed by atoms with van der Waals surface area (Å²) in [6.07, 6.45) is 3.52. The van der Waals surface area contributed by atoms with Gasteiger partial charge in [-0.2, -0.15) is 0 Å². The van der Waals surface area contributed by atoms with E-state index in [1.165, 1.54) is 0 Å². The molecule has 0 saturated carbocycles. The molecule has 0 bridgehead atoms. The molecule has 1 N–H and O–H groups in total. The largest absolute Gasteiger partial charge is 0.486 e. The van der Waals surface area contributed by atoms with E-state index in [-0.39, 0.29) is 17.9 Å². The summed E-state index contributed by atoms with van der Waals surface area (Å²) in [5.41, 5.74) is 2.20. The number of ether oxygens (including phenoxy) is 2. The van der Waals surface area contributed by atoms with Gasteiger partial charge in [-0.3, -0.25) is 9.78 Å². The molecule has 2 aromatic rings. The lowest BCUT2D eigenvalue weighted by Crippen LogP contribution is -2.24. The van der Waals surface area contributed by atoms with E-state index in [1.54, 1.807) is 25.6 Å². The molecule has 24 heavy (non-hydrogen) atoms. The first-order chi connectivity index (χ1) is 11.4. The standard InChI is InChI=1S/C19H24N2O3/c1-19(2,3)24-17-8-9-20-12-16(17)21-18(22)11-14-6-5-7-15(10-14)13-23-4/h5-10,12H,11,13H2,1-4H3,(H,21,22). The molecule has 1 heterocycles. The Morgan fingerprint density at radius 2 is 1.96 bits per heavy atom. The number of hydrogen-bond acceptors (Lipinski definition) is 4. The fourth-order valence-electron chi connectivity index (χ4n) is 2.27. The van der Waals surface area contributed by atoms with Gasteiger partial charge in [0.15, 0.2) is 0 Å². The first-order valence-corrected chi connectivity index (χ1v) is 7.87. The van der Waals surface area contributed by atoms with Gasteiger partial charge >= 0.3 is 0 Å². The highest BCUT2D eigenvalue weighted by Crippen LogP contribution is 2.26. The number of pyridine rings is 1. The fourth-order valence-corrected chi connectivity index (χ4v) is 2.27. The summed E-state index contributed by atoms with van der Waals surface area (Å²) in [5.74, 6) is 0.496. The van der Waals surface area contributed by atoms with Gasteiger partial charge in [-0.15, -0.1) is 0 Å². The Kier molecular flexibility index (Phi) is 5.93.